The van der Waals surface area contributed by atoms with Crippen molar-refractivity contribution in [3.8, 4) is 11.3 Å². The summed E-state index contributed by atoms with van der Waals surface area (Å²) in [6.45, 7) is 0. The van der Waals surface area contributed by atoms with E-state index in [9.17, 15) is 4.39 Å². The van der Waals surface area contributed by atoms with Crippen LogP contribution in [-0.2, 0) is 0 Å². The Balaban J connectivity index is 1.54. The van der Waals surface area contributed by atoms with Gasteiger partial charge < -0.3 is 10.3 Å². The number of alkyl halides is 1. The van der Waals surface area contributed by atoms with Crippen molar-refractivity contribution >= 4 is 0 Å². The Morgan fingerprint density at radius 2 is 2.05 bits per heavy atom. The largest absolute Gasteiger partial charge is 0.328 e. The number of rotatable bonds is 3. The monoisotopic (exact) mass is 299 g/mol. The lowest BCUT2D eigenvalue weighted by atomic mass is 9.80. The van der Waals surface area contributed by atoms with Crippen LogP contribution in [0, 0.1) is 0 Å². The van der Waals surface area contributed by atoms with Gasteiger partial charge in [0.05, 0.1) is 24.3 Å². The van der Waals surface area contributed by atoms with Gasteiger partial charge in [0.2, 0.25) is 0 Å². The van der Waals surface area contributed by atoms with Crippen LogP contribution in [-0.4, -0.2) is 21.3 Å². The summed E-state index contributed by atoms with van der Waals surface area (Å²) in [6, 6.07) is 8.82. The first-order valence-corrected chi connectivity index (χ1v) is 8.22. The highest BCUT2D eigenvalue weighted by Gasteiger charge is 2.36. The van der Waals surface area contributed by atoms with E-state index < -0.39 is 5.67 Å². The summed E-state index contributed by atoms with van der Waals surface area (Å²) in [6.07, 6.45) is 8.06. The number of aromatic nitrogens is 2. The molecule has 0 unspecified atom stereocenters. The Morgan fingerprint density at radius 1 is 1.27 bits per heavy atom. The molecule has 4 heteroatoms. The van der Waals surface area contributed by atoms with Crippen LogP contribution in [0.2, 0.25) is 0 Å². The summed E-state index contributed by atoms with van der Waals surface area (Å²) >= 11 is 0. The van der Waals surface area contributed by atoms with Gasteiger partial charge in [0.15, 0.2) is 0 Å². The first-order chi connectivity index (χ1) is 10.7. The minimum absolute atomic E-state index is 0.191. The second-order valence-electron chi connectivity index (χ2n) is 6.82. The maximum atomic E-state index is 15.0. The predicted octanol–water partition coefficient (Wildman–Crippen LogP) is 3.84. The Labute approximate surface area is 130 Å². The van der Waals surface area contributed by atoms with Crippen molar-refractivity contribution < 1.29 is 4.39 Å². The standard InChI is InChI=1S/C18H22FN3/c19-18(8-5-13(20)6-9-18)10-7-16-14-3-1-2-4-15(14)17-11-21-12-22(16)17/h1-4,11-13,16H,5-10,20H2/t13?,16-,18?/m1/s1. The van der Waals surface area contributed by atoms with Gasteiger partial charge in [-0.3, -0.25) is 0 Å². The smallest absolute Gasteiger partial charge is 0.111 e. The molecule has 22 heavy (non-hydrogen) atoms. The number of fused-ring (bicyclic) bond motifs is 3. The van der Waals surface area contributed by atoms with E-state index in [4.69, 9.17) is 5.73 Å². The van der Waals surface area contributed by atoms with Crippen molar-refractivity contribution in [3.05, 3.63) is 42.4 Å². The molecule has 1 atom stereocenters. The number of nitrogens with two attached hydrogens (primary N) is 1. The molecule has 1 fully saturated rings. The lowest BCUT2D eigenvalue weighted by Crippen LogP contribution is -2.36. The van der Waals surface area contributed by atoms with Gasteiger partial charge in [0.25, 0.3) is 0 Å². The number of halogens is 1. The molecular weight excluding hydrogens is 277 g/mol. The fourth-order valence-electron chi connectivity index (χ4n) is 4.03. The molecule has 2 heterocycles. The average Bonchev–Trinajstić information content (AvgIpc) is 3.10. The predicted molar refractivity (Wildman–Crippen MR) is 85.3 cm³/mol. The molecule has 0 bridgehead atoms. The van der Waals surface area contributed by atoms with Crippen LogP contribution in [0.15, 0.2) is 36.8 Å². The molecule has 2 aliphatic rings. The number of imidazole rings is 1. The minimum atomic E-state index is -1.03. The molecule has 1 aromatic carbocycles. The number of benzene rings is 1. The van der Waals surface area contributed by atoms with E-state index in [2.05, 4.69) is 33.8 Å². The van der Waals surface area contributed by atoms with E-state index in [0.717, 1.165) is 25.0 Å². The van der Waals surface area contributed by atoms with Crippen molar-refractivity contribution in [1.82, 2.24) is 9.55 Å². The van der Waals surface area contributed by atoms with Gasteiger partial charge >= 0.3 is 0 Å². The lowest BCUT2D eigenvalue weighted by molar-refractivity contribution is 0.0834. The van der Waals surface area contributed by atoms with Gasteiger partial charge in [0, 0.05) is 11.6 Å². The van der Waals surface area contributed by atoms with Crippen molar-refractivity contribution in [1.29, 1.82) is 0 Å². The van der Waals surface area contributed by atoms with Crippen molar-refractivity contribution in [3.63, 3.8) is 0 Å². The van der Waals surface area contributed by atoms with Gasteiger partial charge in [-0.2, -0.15) is 0 Å². The van der Waals surface area contributed by atoms with Crippen LogP contribution in [0.5, 0.6) is 0 Å². The van der Waals surface area contributed by atoms with Gasteiger partial charge in [-0.15, -0.1) is 0 Å². The summed E-state index contributed by atoms with van der Waals surface area (Å²) in [5.74, 6) is 0. The molecule has 2 aromatic rings. The van der Waals surface area contributed by atoms with Crippen molar-refractivity contribution in [2.75, 3.05) is 0 Å². The molecule has 4 rings (SSSR count). The summed E-state index contributed by atoms with van der Waals surface area (Å²) in [5.41, 5.74) is 8.57. The zero-order valence-corrected chi connectivity index (χ0v) is 12.7. The highest BCUT2D eigenvalue weighted by Crippen LogP contribution is 2.44. The molecule has 1 aliphatic carbocycles. The maximum absolute atomic E-state index is 15.0. The topological polar surface area (TPSA) is 43.8 Å². The molecule has 0 saturated heterocycles. The normalized spacial score (nSPS) is 30.1. The summed E-state index contributed by atoms with van der Waals surface area (Å²) < 4.78 is 17.2. The Morgan fingerprint density at radius 3 is 2.86 bits per heavy atom. The minimum Gasteiger partial charge on any atom is -0.328 e. The fourth-order valence-corrected chi connectivity index (χ4v) is 4.03. The SMILES string of the molecule is NC1CCC(F)(CC[C@@H]2c3ccccc3-c3cncn32)CC1. The molecule has 1 aliphatic heterocycles. The van der Waals surface area contributed by atoms with Crippen LogP contribution >= 0.6 is 0 Å². The molecule has 1 saturated carbocycles. The number of hydrogen-bond acceptors (Lipinski definition) is 2. The van der Waals surface area contributed by atoms with Crippen LogP contribution in [0.3, 0.4) is 0 Å². The zero-order valence-electron chi connectivity index (χ0n) is 12.7. The zero-order chi connectivity index (χ0) is 15.2. The van der Waals surface area contributed by atoms with Crippen molar-refractivity contribution in [2.45, 2.75) is 56.3 Å². The van der Waals surface area contributed by atoms with Crippen LogP contribution in [0.25, 0.3) is 11.3 Å². The van der Waals surface area contributed by atoms with Crippen LogP contribution in [0.1, 0.15) is 50.1 Å². The van der Waals surface area contributed by atoms with E-state index in [0.29, 0.717) is 19.3 Å². The van der Waals surface area contributed by atoms with E-state index in [1.807, 2.05) is 12.5 Å². The second-order valence-corrected chi connectivity index (χ2v) is 6.82. The quantitative estimate of drug-likeness (QED) is 0.935. The highest BCUT2D eigenvalue weighted by atomic mass is 19.1. The maximum Gasteiger partial charge on any atom is 0.111 e. The van der Waals surface area contributed by atoms with E-state index >= 15 is 0 Å². The van der Waals surface area contributed by atoms with Gasteiger partial charge in [-0.05, 0) is 44.1 Å². The molecule has 3 nitrogen and oxygen atoms in total. The molecule has 1 aromatic heterocycles. The third kappa shape index (κ3) is 2.26. The fraction of sp³-hybridized carbons (Fsp3) is 0.500. The lowest BCUT2D eigenvalue weighted by Gasteiger charge is -2.33. The summed E-state index contributed by atoms with van der Waals surface area (Å²) in [4.78, 5) is 4.27. The second kappa shape index (κ2) is 5.20. The Kier molecular flexibility index (Phi) is 3.30. The van der Waals surface area contributed by atoms with E-state index in [-0.39, 0.29) is 12.1 Å². The Hall–Kier alpha value is -1.68. The van der Waals surface area contributed by atoms with Crippen LogP contribution in [0.4, 0.5) is 4.39 Å². The molecule has 0 spiro atoms. The van der Waals surface area contributed by atoms with E-state index in [1.165, 1.54) is 11.1 Å². The molecule has 2 N–H and O–H groups in total. The number of nitrogens with zero attached hydrogens (tertiary/aromatic N) is 2. The van der Waals surface area contributed by atoms with Gasteiger partial charge in [0.1, 0.15) is 5.67 Å². The third-order valence-electron chi connectivity index (χ3n) is 5.39. The van der Waals surface area contributed by atoms with E-state index in [1.54, 1.807) is 0 Å². The summed E-state index contributed by atoms with van der Waals surface area (Å²) in [5, 5.41) is 0. The van der Waals surface area contributed by atoms with Crippen LogP contribution < -0.4 is 5.73 Å². The first-order valence-electron chi connectivity index (χ1n) is 8.22. The van der Waals surface area contributed by atoms with Gasteiger partial charge in [-0.1, -0.05) is 24.3 Å². The molecule has 0 amide bonds. The number of hydrogen-bond donors (Lipinski definition) is 1. The summed E-state index contributed by atoms with van der Waals surface area (Å²) in [7, 11) is 0. The molecule has 116 valence electrons. The molecular formula is C18H22FN3. The molecule has 0 radical (unpaired) electrons. The third-order valence-corrected chi connectivity index (χ3v) is 5.39. The average molecular weight is 299 g/mol. The van der Waals surface area contributed by atoms with Gasteiger partial charge in [-0.25, -0.2) is 9.37 Å². The highest BCUT2D eigenvalue weighted by molar-refractivity contribution is 5.68. The first kappa shape index (κ1) is 13.9. The van der Waals surface area contributed by atoms with Crippen molar-refractivity contribution in [2.24, 2.45) is 5.73 Å². The Bertz CT molecular complexity index is 670.